The van der Waals surface area contributed by atoms with Gasteiger partial charge in [0.25, 0.3) is 20.1 Å². The fourth-order valence-corrected chi connectivity index (χ4v) is 4.46. The van der Waals surface area contributed by atoms with E-state index in [9.17, 15) is 91.5 Å². The molecule has 0 unspecified atom stereocenters. The highest BCUT2D eigenvalue weighted by molar-refractivity contribution is 7.90. The molecule has 26 heteroatoms. The Labute approximate surface area is 225 Å². The highest BCUT2D eigenvalue weighted by Crippen LogP contribution is 2.64. The lowest BCUT2D eigenvalue weighted by atomic mass is 9.91. The zero-order chi connectivity index (χ0) is 34.4. The van der Waals surface area contributed by atoms with Gasteiger partial charge in [-0.05, 0) is 0 Å². The Bertz CT molecular complexity index is 1170. The first-order valence-electron chi connectivity index (χ1n) is 10.4. The Morgan fingerprint density at radius 1 is 0.571 bits per heavy atom. The van der Waals surface area contributed by atoms with Gasteiger partial charge in [-0.3, -0.25) is 4.55 Å². The summed E-state index contributed by atoms with van der Waals surface area (Å²) in [4.78, 5) is 0. The average molecular weight is 707 g/mol. The summed E-state index contributed by atoms with van der Waals surface area (Å²) in [6.45, 7) is -1.92. The van der Waals surface area contributed by atoms with Crippen molar-refractivity contribution in [2.24, 2.45) is 0 Å². The zero-order valence-corrected chi connectivity index (χ0v) is 22.1. The third-order valence-electron chi connectivity index (χ3n) is 5.43. The first kappa shape index (κ1) is 40.6. The van der Waals surface area contributed by atoms with Gasteiger partial charge in [0, 0.05) is 19.4 Å². The maximum absolute atomic E-state index is 14.0. The van der Waals surface area contributed by atoms with Crippen LogP contribution in [0.5, 0.6) is 0 Å². The van der Waals surface area contributed by atoms with Gasteiger partial charge in [-0.25, -0.2) is 13.1 Å². The molecule has 0 amide bonds. The number of hydrogen-bond acceptors (Lipinski definition) is 4. The molecule has 0 atom stereocenters. The molecule has 0 fully saturated rings. The van der Waals surface area contributed by atoms with Gasteiger partial charge in [0.15, 0.2) is 0 Å². The molecule has 0 saturated carbocycles. The largest absolute Gasteiger partial charge is 0.460 e. The number of rotatable bonds is 16. The summed E-state index contributed by atoms with van der Waals surface area (Å²) in [6.07, 6.45) is -8.86. The summed E-state index contributed by atoms with van der Waals surface area (Å²) >= 11 is 0. The van der Waals surface area contributed by atoms with Crippen LogP contribution >= 0.6 is 0 Å². The van der Waals surface area contributed by atoms with E-state index in [0.29, 0.717) is 4.72 Å². The number of hydrogen-bond donors (Lipinski definition) is 2. The van der Waals surface area contributed by atoms with Crippen LogP contribution in [0.25, 0.3) is 0 Å². The number of quaternary nitrogens is 1. The van der Waals surface area contributed by atoms with Crippen LogP contribution in [0.2, 0.25) is 0 Å². The van der Waals surface area contributed by atoms with Crippen molar-refractivity contribution in [3.05, 3.63) is 0 Å². The Balaban J connectivity index is 6.14. The molecule has 0 radical (unpaired) electrons. The van der Waals surface area contributed by atoms with E-state index in [1.54, 1.807) is 0 Å². The van der Waals surface area contributed by atoms with Crippen molar-refractivity contribution >= 4 is 20.1 Å². The van der Waals surface area contributed by atoms with Crippen molar-refractivity contribution in [2.45, 2.75) is 59.8 Å². The fourth-order valence-electron chi connectivity index (χ4n) is 2.91. The summed E-state index contributed by atoms with van der Waals surface area (Å²) in [6, 6.07) is 0. The zero-order valence-electron chi connectivity index (χ0n) is 20.5. The molecule has 7 nitrogen and oxygen atoms in total. The first-order chi connectivity index (χ1) is 17.9. The minimum absolute atomic E-state index is 0.131. The standard InChI is InChI=1S/C16H19F17N2O5S2/c1-35(2,7-4-8-41(36,37)38)6-3-5-34-42(39,40)16(32,33)14(27,28)12(23,24)10(19,20)9(17,18)11(21,22)13(25,26)15(29,30)31/h34H,3-8H2,1-2H3/p+1. The molecule has 0 heterocycles. The topological polar surface area (TPSA) is 101 Å². The summed E-state index contributed by atoms with van der Waals surface area (Å²) < 4.78 is 279. The lowest BCUT2D eigenvalue weighted by molar-refractivity contribution is -0.890. The van der Waals surface area contributed by atoms with Crippen LogP contribution in [0, 0.1) is 0 Å². The molecule has 0 aliphatic rings. The second kappa shape index (κ2) is 11.5. The second-order valence-electron chi connectivity index (χ2n) is 9.23. The van der Waals surface area contributed by atoms with E-state index in [2.05, 4.69) is 0 Å². The molecule has 0 aliphatic carbocycles. The molecular weight excluding hydrogens is 687 g/mol. The highest BCUT2D eigenvalue weighted by Gasteiger charge is 2.96. The van der Waals surface area contributed by atoms with Crippen molar-refractivity contribution in [2.75, 3.05) is 39.5 Å². The first-order valence-corrected chi connectivity index (χ1v) is 13.5. The molecule has 0 bridgehead atoms. The van der Waals surface area contributed by atoms with E-state index in [1.165, 1.54) is 14.1 Å². The molecule has 0 aromatic heterocycles. The third kappa shape index (κ3) is 7.11. The van der Waals surface area contributed by atoms with Crippen LogP contribution in [0.1, 0.15) is 12.8 Å². The van der Waals surface area contributed by atoms with E-state index in [-0.39, 0.29) is 24.0 Å². The van der Waals surface area contributed by atoms with E-state index in [4.69, 9.17) is 4.55 Å². The smallest absolute Gasteiger partial charge is 0.328 e. The van der Waals surface area contributed by atoms with Crippen LogP contribution in [0.4, 0.5) is 74.6 Å². The van der Waals surface area contributed by atoms with Gasteiger partial charge < -0.3 is 4.48 Å². The molecule has 0 saturated heterocycles. The summed E-state index contributed by atoms with van der Waals surface area (Å²) in [5.74, 6) is -52.7. The minimum atomic E-state index is -8.90. The fraction of sp³-hybridized carbons (Fsp3) is 1.00. The lowest BCUT2D eigenvalue weighted by Crippen LogP contribution is -2.75. The van der Waals surface area contributed by atoms with Crippen molar-refractivity contribution in [3.63, 3.8) is 0 Å². The van der Waals surface area contributed by atoms with Crippen LogP contribution < -0.4 is 4.72 Å². The summed E-state index contributed by atoms with van der Waals surface area (Å²) in [5.41, 5.74) is 0. The SMILES string of the molecule is C[N+](C)(CCCNS(=O)(=O)C(F)(F)C(F)(F)C(F)(F)C(F)(F)C(F)(F)C(F)(F)C(F)(F)C(F)(F)F)CCCS(=O)(=O)O. The van der Waals surface area contributed by atoms with Crippen molar-refractivity contribution in [3.8, 4) is 0 Å². The number of nitrogens with one attached hydrogen (secondary N) is 1. The molecule has 2 N–H and O–H groups in total. The average Bonchev–Trinajstić information content (AvgIpc) is 2.73. The molecule has 0 aromatic rings. The minimum Gasteiger partial charge on any atom is -0.328 e. The van der Waals surface area contributed by atoms with Crippen LogP contribution in [0.15, 0.2) is 0 Å². The molecule has 0 spiro atoms. The lowest BCUT2D eigenvalue weighted by Gasteiger charge is -2.42. The van der Waals surface area contributed by atoms with Crippen LogP contribution in [-0.2, 0) is 20.1 Å². The molecular formula is C16H20F17N2O5S2+. The second-order valence-corrected chi connectivity index (χ2v) is 12.6. The van der Waals surface area contributed by atoms with Crippen LogP contribution in [0.3, 0.4) is 0 Å². The van der Waals surface area contributed by atoms with Gasteiger partial charge in [-0.1, -0.05) is 0 Å². The van der Waals surface area contributed by atoms with Crippen LogP contribution in [-0.4, -0.2) is 112 Å². The Morgan fingerprint density at radius 3 is 1.26 bits per heavy atom. The quantitative estimate of drug-likeness (QED) is 0.106. The number of nitrogens with zero attached hydrogens (tertiary/aromatic N) is 1. The molecule has 0 aliphatic heterocycles. The van der Waals surface area contributed by atoms with Gasteiger partial charge in [-0.2, -0.15) is 83.1 Å². The number of alkyl halides is 17. The van der Waals surface area contributed by atoms with Gasteiger partial charge in [0.05, 0.1) is 32.9 Å². The van der Waals surface area contributed by atoms with E-state index < -0.39 is 85.8 Å². The number of halogens is 17. The molecule has 42 heavy (non-hydrogen) atoms. The molecule has 0 aromatic carbocycles. The van der Waals surface area contributed by atoms with Gasteiger partial charge in [0.1, 0.15) is 0 Å². The van der Waals surface area contributed by atoms with E-state index >= 15 is 0 Å². The van der Waals surface area contributed by atoms with Gasteiger partial charge >= 0.3 is 47.0 Å². The maximum Gasteiger partial charge on any atom is 0.460 e. The van der Waals surface area contributed by atoms with Crippen molar-refractivity contribution in [1.82, 2.24) is 4.72 Å². The van der Waals surface area contributed by atoms with Gasteiger partial charge in [-0.15, -0.1) is 0 Å². The van der Waals surface area contributed by atoms with Crippen molar-refractivity contribution in [1.29, 1.82) is 0 Å². The summed E-state index contributed by atoms with van der Waals surface area (Å²) in [7, 11) is -9.24. The van der Waals surface area contributed by atoms with E-state index in [1.807, 2.05) is 0 Å². The van der Waals surface area contributed by atoms with E-state index in [0.717, 1.165) is 0 Å². The Hall–Kier alpha value is -1.41. The maximum atomic E-state index is 14.0. The predicted molar refractivity (Wildman–Crippen MR) is 105 cm³/mol. The Kier molecular flexibility index (Phi) is 11.1. The normalized spacial score (nSPS) is 16.2. The van der Waals surface area contributed by atoms with Gasteiger partial charge in [0.2, 0.25) is 0 Å². The molecule has 254 valence electrons. The Morgan fingerprint density at radius 2 is 0.905 bits per heavy atom. The highest BCUT2D eigenvalue weighted by atomic mass is 32.2. The molecule has 0 rings (SSSR count). The third-order valence-corrected chi connectivity index (χ3v) is 7.75. The number of sulfonamides is 1. The predicted octanol–water partition coefficient (Wildman–Crippen LogP) is 4.62. The van der Waals surface area contributed by atoms with Crippen molar-refractivity contribution < 1.29 is 101 Å². The monoisotopic (exact) mass is 707 g/mol. The summed E-state index contributed by atoms with van der Waals surface area (Å²) in [5, 5.41) is -7.63.